The van der Waals surface area contributed by atoms with Gasteiger partial charge in [-0.25, -0.2) is 17.4 Å². The van der Waals surface area contributed by atoms with Crippen LogP contribution in [0.1, 0.15) is 17.0 Å². The summed E-state index contributed by atoms with van der Waals surface area (Å²) in [6, 6.07) is 21.3. The predicted octanol–water partition coefficient (Wildman–Crippen LogP) is 2.18. The van der Waals surface area contributed by atoms with Crippen molar-refractivity contribution in [2.75, 3.05) is 16.6 Å². The zero-order chi connectivity index (χ0) is 22.9. The quantitative estimate of drug-likeness (QED) is 0.567. The summed E-state index contributed by atoms with van der Waals surface area (Å²) >= 11 is 0. The van der Waals surface area contributed by atoms with Crippen molar-refractivity contribution < 1.29 is 26.7 Å². The number of amides is 1. The fraction of sp³-hybridized carbons (Fsp3) is 0.136. The number of anilines is 1. The molecule has 1 heterocycles. The summed E-state index contributed by atoms with van der Waals surface area (Å²) in [5, 5.41) is 10.6. The molecule has 1 aliphatic heterocycles. The molecule has 0 aromatic heterocycles. The first-order valence-corrected chi connectivity index (χ1v) is 12.8. The molecule has 0 bridgehead atoms. The maximum Gasteiger partial charge on any atom is 0.326 e. The van der Waals surface area contributed by atoms with Crippen LogP contribution in [0.15, 0.2) is 83.8 Å². The molecular weight excluding hydrogens is 452 g/mol. The Morgan fingerprint density at radius 2 is 1.56 bits per heavy atom. The molecule has 4 rings (SSSR count). The average Bonchev–Trinajstić information content (AvgIpc) is 3.05. The molecular formula is C22H20N2O6S2. The van der Waals surface area contributed by atoms with E-state index in [1.54, 1.807) is 48.5 Å². The third-order valence-electron chi connectivity index (χ3n) is 5.18. The Hall–Kier alpha value is -3.37. The van der Waals surface area contributed by atoms with Crippen molar-refractivity contribution in [1.82, 2.24) is 4.72 Å². The van der Waals surface area contributed by atoms with Gasteiger partial charge in [-0.2, -0.15) is 8.42 Å². The van der Waals surface area contributed by atoms with E-state index in [9.17, 15) is 26.7 Å². The summed E-state index contributed by atoms with van der Waals surface area (Å²) in [5.41, 5.74) is 1.16. The molecule has 0 aliphatic carbocycles. The van der Waals surface area contributed by atoms with Gasteiger partial charge in [0.1, 0.15) is 12.3 Å². The number of phenols is 1. The lowest BCUT2D eigenvalue weighted by atomic mass is 9.92. The molecule has 1 aliphatic rings. The van der Waals surface area contributed by atoms with Crippen LogP contribution in [0.3, 0.4) is 0 Å². The van der Waals surface area contributed by atoms with Gasteiger partial charge >= 0.3 is 10.2 Å². The van der Waals surface area contributed by atoms with Crippen LogP contribution in [0.4, 0.5) is 5.69 Å². The second kappa shape index (κ2) is 8.29. The molecule has 1 unspecified atom stereocenters. The predicted molar refractivity (Wildman–Crippen MR) is 119 cm³/mol. The Kier molecular flexibility index (Phi) is 5.66. The Labute approximate surface area is 186 Å². The van der Waals surface area contributed by atoms with Crippen LogP contribution < -0.4 is 9.03 Å². The Bertz CT molecular complexity index is 1360. The zero-order valence-corrected chi connectivity index (χ0v) is 18.4. The number of rotatable bonds is 6. The fourth-order valence-corrected chi connectivity index (χ4v) is 6.39. The van der Waals surface area contributed by atoms with Crippen molar-refractivity contribution in [2.45, 2.75) is 10.8 Å². The monoisotopic (exact) mass is 472 g/mol. The van der Waals surface area contributed by atoms with Gasteiger partial charge < -0.3 is 5.11 Å². The molecule has 10 heteroatoms. The van der Waals surface area contributed by atoms with E-state index in [0.29, 0.717) is 5.56 Å². The minimum absolute atomic E-state index is 0.0650. The SMILES string of the molecule is O=C1CN(c2ccc(C(CS(=O)(=O)c3ccccc3)c3ccccc3)cc2O)S(=O)(=O)N1. The molecule has 0 spiro atoms. The average molecular weight is 473 g/mol. The summed E-state index contributed by atoms with van der Waals surface area (Å²) in [5.74, 6) is -1.94. The lowest BCUT2D eigenvalue weighted by molar-refractivity contribution is -0.117. The van der Waals surface area contributed by atoms with E-state index < -0.39 is 38.4 Å². The first-order valence-electron chi connectivity index (χ1n) is 9.66. The lowest BCUT2D eigenvalue weighted by Gasteiger charge is -2.21. The third kappa shape index (κ3) is 4.32. The molecule has 1 amide bonds. The molecule has 3 aromatic carbocycles. The molecule has 32 heavy (non-hydrogen) atoms. The number of carbonyl (C=O) groups is 1. The summed E-state index contributed by atoms with van der Waals surface area (Å²) in [4.78, 5) is 11.7. The number of benzene rings is 3. The molecule has 1 saturated heterocycles. The Morgan fingerprint density at radius 1 is 0.938 bits per heavy atom. The topological polar surface area (TPSA) is 121 Å². The van der Waals surface area contributed by atoms with Crippen LogP contribution in [0, 0.1) is 0 Å². The number of carbonyl (C=O) groups excluding carboxylic acids is 1. The van der Waals surface area contributed by atoms with Crippen LogP contribution in [-0.2, 0) is 24.8 Å². The van der Waals surface area contributed by atoms with E-state index in [1.807, 2.05) is 10.8 Å². The van der Waals surface area contributed by atoms with Crippen molar-refractivity contribution in [3.63, 3.8) is 0 Å². The van der Waals surface area contributed by atoms with Gasteiger partial charge in [0.2, 0.25) is 0 Å². The van der Waals surface area contributed by atoms with E-state index in [-0.39, 0.29) is 22.1 Å². The largest absolute Gasteiger partial charge is 0.506 e. The maximum absolute atomic E-state index is 13.1. The van der Waals surface area contributed by atoms with Crippen molar-refractivity contribution >= 4 is 31.6 Å². The highest BCUT2D eigenvalue weighted by molar-refractivity contribution is 7.92. The first-order chi connectivity index (χ1) is 15.2. The number of hydrogen-bond donors (Lipinski definition) is 2. The van der Waals surface area contributed by atoms with Crippen LogP contribution in [-0.4, -0.2) is 40.1 Å². The molecule has 1 atom stereocenters. The standard InChI is InChI=1S/C22H20N2O6S2/c25-21-13-17(11-12-20(21)24-14-22(26)23-32(24,29)30)19(16-7-3-1-4-8-16)15-31(27,28)18-9-5-2-6-10-18/h1-13,19,25H,14-15H2,(H,23,26). The van der Waals surface area contributed by atoms with Gasteiger partial charge in [0.25, 0.3) is 5.91 Å². The van der Waals surface area contributed by atoms with E-state index in [1.165, 1.54) is 24.3 Å². The van der Waals surface area contributed by atoms with Crippen molar-refractivity contribution in [3.05, 3.63) is 90.0 Å². The smallest absolute Gasteiger partial charge is 0.326 e. The Morgan fingerprint density at radius 3 is 2.12 bits per heavy atom. The van der Waals surface area contributed by atoms with Gasteiger partial charge in [-0.05, 0) is 35.4 Å². The fourth-order valence-electron chi connectivity index (χ4n) is 3.64. The Balaban J connectivity index is 1.74. The van der Waals surface area contributed by atoms with Gasteiger partial charge in [-0.3, -0.25) is 4.79 Å². The summed E-state index contributed by atoms with van der Waals surface area (Å²) in [6.45, 7) is -0.445. The van der Waals surface area contributed by atoms with Gasteiger partial charge in [0, 0.05) is 5.92 Å². The molecule has 2 N–H and O–H groups in total. The van der Waals surface area contributed by atoms with E-state index in [0.717, 1.165) is 9.87 Å². The highest BCUT2D eigenvalue weighted by atomic mass is 32.2. The van der Waals surface area contributed by atoms with Gasteiger partial charge in [-0.15, -0.1) is 0 Å². The van der Waals surface area contributed by atoms with Crippen molar-refractivity contribution in [2.24, 2.45) is 0 Å². The number of nitrogens with zero attached hydrogens (tertiary/aromatic N) is 1. The zero-order valence-electron chi connectivity index (χ0n) is 16.7. The highest BCUT2D eigenvalue weighted by Crippen LogP contribution is 2.36. The van der Waals surface area contributed by atoms with Gasteiger partial charge in [0.15, 0.2) is 9.84 Å². The maximum atomic E-state index is 13.1. The highest BCUT2D eigenvalue weighted by Gasteiger charge is 2.36. The first kappa shape index (κ1) is 21.8. The minimum atomic E-state index is -4.08. The molecule has 166 valence electrons. The van der Waals surface area contributed by atoms with Crippen LogP contribution in [0.5, 0.6) is 5.75 Å². The van der Waals surface area contributed by atoms with Crippen molar-refractivity contribution in [3.8, 4) is 5.75 Å². The number of hydrogen-bond acceptors (Lipinski definition) is 6. The van der Waals surface area contributed by atoms with E-state index in [4.69, 9.17) is 0 Å². The van der Waals surface area contributed by atoms with Gasteiger partial charge in [-0.1, -0.05) is 54.6 Å². The molecule has 1 fully saturated rings. The summed E-state index contributed by atoms with van der Waals surface area (Å²) < 4.78 is 53.0. The molecule has 0 saturated carbocycles. The lowest BCUT2D eigenvalue weighted by Crippen LogP contribution is -2.29. The summed E-state index contributed by atoms with van der Waals surface area (Å²) in [7, 11) is -7.75. The molecule has 3 aromatic rings. The van der Waals surface area contributed by atoms with E-state index in [2.05, 4.69) is 0 Å². The van der Waals surface area contributed by atoms with Crippen LogP contribution in [0.2, 0.25) is 0 Å². The van der Waals surface area contributed by atoms with E-state index >= 15 is 0 Å². The van der Waals surface area contributed by atoms with Crippen molar-refractivity contribution in [1.29, 1.82) is 0 Å². The van der Waals surface area contributed by atoms with Gasteiger partial charge in [0.05, 0.1) is 16.3 Å². The number of sulfone groups is 1. The molecule has 8 nitrogen and oxygen atoms in total. The number of aromatic hydroxyl groups is 1. The second-order valence-electron chi connectivity index (χ2n) is 7.34. The normalized spacial score (nSPS) is 16.5. The minimum Gasteiger partial charge on any atom is -0.506 e. The summed E-state index contributed by atoms with van der Waals surface area (Å²) in [6.07, 6.45) is 0. The number of nitrogens with one attached hydrogen (secondary N) is 1. The molecule has 0 radical (unpaired) electrons. The second-order valence-corrected chi connectivity index (χ2v) is 11.0. The number of phenolic OH excluding ortho intramolecular Hbond substituents is 1. The van der Waals surface area contributed by atoms with Crippen LogP contribution in [0.25, 0.3) is 0 Å². The van der Waals surface area contributed by atoms with Crippen LogP contribution >= 0.6 is 0 Å². The third-order valence-corrected chi connectivity index (χ3v) is 8.34.